The van der Waals surface area contributed by atoms with Gasteiger partial charge in [-0.05, 0) is 19.4 Å². The third-order valence-electron chi connectivity index (χ3n) is 2.66. The van der Waals surface area contributed by atoms with Crippen LogP contribution in [0, 0.1) is 6.92 Å². The zero-order valence-electron chi connectivity index (χ0n) is 10.5. The van der Waals surface area contributed by atoms with Gasteiger partial charge >= 0.3 is 0 Å². The average molecular weight is 223 g/mol. The molecule has 0 aromatic heterocycles. The zero-order chi connectivity index (χ0) is 12.0. The molecule has 0 bridgehead atoms. The summed E-state index contributed by atoms with van der Waals surface area (Å²) < 4.78 is 10.2. The highest BCUT2D eigenvalue weighted by Crippen LogP contribution is 2.13. The minimum Gasteiger partial charge on any atom is -0.355 e. The topological polar surface area (TPSA) is 30.5 Å². The number of benzene rings is 1. The van der Waals surface area contributed by atoms with E-state index in [1.54, 1.807) is 14.2 Å². The van der Waals surface area contributed by atoms with E-state index in [-0.39, 0.29) is 6.29 Å². The predicted octanol–water partition coefficient (Wildman–Crippen LogP) is 2.26. The average Bonchev–Trinajstić information content (AvgIpc) is 2.30. The highest BCUT2D eigenvalue weighted by Gasteiger charge is 2.09. The smallest absolute Gasteiger partial charge is 0.169 e. The molecule has 0 saturated heterocycles. The molecule has 0 aliphatic rings. The van der Waals surface area contributed by atoms with E-state index < -0.39 is 0 Å². The normalized spacial score (nSPS) is 13.1. The number of nitrogens with one attached hydrogen (secondary N) is 1. The van der Waals surface area contributed by atoms with Crippen molar-refractivity contribution in [1.82, 2.24) is 5.32 Å². The Morgan fingerprint density at radius 1 is 1.25 bits per heavy atom. The molecule has 0 radical (unpaired) electrons. The van der Waals surface area contributed by atoms with Gasteiger partial charge in [0.2, 0.25) is 0 Å². The first kappa shape index (κ1) is 13.2. The third kappa shape index (κ3) is 3.93. The molecule has 0 fully saturated rings. The lowest BCUT2D eigenvalue weighted by Gasteiger charge is -2.19. The van der Waals surface area contributed by atoms with Gasteiger partial charge in [-0.15, -0.1) is 0 Å². The number of rotatable bonds is 6. The molecule has 0 heterocycles. The van der Waals surface area contributed by atoms with Crippen molar-refractivity contribution in [2.24, 2.45) is 0 Å². The van der Waals surface area contributed by atoms with Crippen molar-refractivity contribution < 1.29 is 9.47 Å². The first-order valence-electron chi connectivity index (χ1n) is 5.53. The molecule has 0 aliphatic carbocycles. The quantitative estimate of drug-likeness (QED) is 0.750. The van der Waals surface area contributed by atoms with Crippen molar-refractivity contribution in [1.29, 1.82) is 0 Å². The number of aryl methyl sites for hydroxylation is 1. The summed E-state index contributed by atoms with van der Waals surface area (Å²) in [5.74, 6) is 0. The molecule has 1 aromatic carbocycles. The molecule has 16 heavy (non-hydrogen) atoms. The molecular weight excluding hydrogens is 202 g/mol. The summed E-state index contributed by atoms with van der Waals surface area (Å²) in [6.07, 6.45) is -0.188. The van der Waals surface area contributed by atoms with Crippen molar-refractivity contribution in [3.63, 3.8) is 0 Å². The fraction of sp³-hybridized carbons (Fsp3) is 0.538. The van der Waals surface area contributed by atoms with Crippen LogP contribution in [0.15, 0.2) is 24.3 Å². The van der Waals surface area contributed by atoms with Crippen LogP contribution in [-0.2, 0) is 9.47 Å². The van der Waals surface area contributed by atoms with E-state index in [0.717, 1.165) is 0 Å². The van der Waals surface area contributed by atoms with E-state index in [1.807, 2.05) is 0 Å². The molecule has 90 valence electrons. The molecule has 0 spiro atoms. The second-order valence-corrected chi connectivity index (χ2v) is 3.95. The second-order valence-electron chi connectivity index (χ2n) is 3.95. The number of hydrogen-bond acceptors (Lipinski definition) is 3. The molecule has 3 heteroatoms. The molecule has 1 unspecified atom stereocenters. The van der Waals surface area contributed by atoms with Crippen LogP contribution in [0.2, 0.25) is 0 Å². The Kier molecular flexibility index (Phi) is 5.46. The maximum absolute atomic E-state index is 5.12. The Hall–Kier alpha value is -0.900. The highest BCUT2D eigenvalue weighted by molar-refractivity contribution is 5.24. The van der Waals surface area contributed by atoms with Gasteiger partial charge in [-0.1, -0.05) is 29.8 Å². The zero-order valence-corrected chi connectivity index (χ0v) is 10.5. The third-order valence-corrected chi connectivity index (χ3v) is 2.66. The van der Waals surface area contributed by atoms with Crippen LogP contribution in [-0.4, -0.2) is 27.1 Å². The standard InChI is InChI=1S/C13H21NO2/c1-10-6-5-7-12(8-10)11(2)14-9-13(15-3)16-4/h5-8,11,13-14H,9H2,1-4H3. The molecule has 1 rings (SSSR count). The first-order chi connectivity index (χ1) is 7.67. The Balaban J connectivity index is 2.49. The van der Waals surface area contributed by atoms with E-state index in [0.29, 0.717) is 12.6 Å². The minimum atomic E-state index is -0.188. The Morgan fingerprint density at radius 2 is 1.94 bits per heavy atom. The lowest BCUT2D eigenvalue weighted by Crippen LogP contribution is -2.31. The van der Waals surface area contributed by atoms with E-state index >= 15 is 0 Å². The molecule has 3 nitrogen and oxygen atoms in total. The van der Waals surface area contributed by atoms with Crippen LogP contribution < -0.4 is 5.32 Å². The molecular formula is C13H21NO2. The van der Waals surface area contributed by atoms with Gasteiger partial charge in [0.1, 0.15) is 0 Å². The van der Waals surface area contributed by atoms with E-state index in [1.165, 1.54) is 11.1 Å². The van der Waals surface area contributed by atoms with Crippen LogP contribution >= 0.6 is 0 Å². The predicted molar refractivity (Wildman–Crippen MR) is 65.4 cm³/mol. The van der Waals surface area contributed by atoms with Gasteiger partial charge in [-0.3, -0.25) is 0 Å². The summed E-state index contributed by atoms with van der Waals surface area (Å²) in [5.41, 5.74) is 2.56. The Bertz CT molecular complexity index is 311. The van der Waals surface area contributed by atoms with Gasteiger partial charge in [0.15, 0.2) is 6.29 Å². The van der Waals surface area contributed by atoms with Crippen molar-refractivity contribution in [2.75, 3.05) is 20.8 Å². The van der Waals surface area contributed by atoms with E-state index in [2.05, 4.69) is 43.4 Å². The van der Waals surface area contributed by atoms with Crippen LogP contribution in [0.25, 0.3) is 0 Å². The van der Waals surface area contributed by atoms with Crippen LogP contribution in [0.4, 0.5) is 0 Å². The Morgan fingerprint density at radius 3 is 2.50 bits per heavy atom. The van der Waals surface area contributed by atoms with Crippen molar-refractivity contribution in [3.05, 3.63) is 35.4 Å². The molecule has 0 saturated carbocycles. The lowest BCUT2D eigenvalue weighted by atomic mass is 10.1. The van der Waals surface area contributed by atoms with E-state index in [9.17, 15) is 0 Å². The SMILES string of the molecule is COC(CNC(C)c1cccc(C)c1)OC. The lowest BCUT2D eigenvalue weighted by molar-refractivity contribution is -0.0997. The van der Waals surface area contributed by atoms with Crippen molar-refractivity contribution in [3.8, 4) is 0 Å². The summed E-state index contributed by atoms with van der Waals surface area (Å²) in [6, 6.07) is 8.79. The minimum absolute atomic E-state index is 0.188. The molecule has 1 atom stereocenters. The highest BCUT2D eigenvalue weighted by atomic mass is 16.7. The number of ether oxygens (including phenoxy) is 2. The molecule has 1 aromatic rings. The summed E-state index contributed by atoms with van der Waals surface area (Å²) in [6.45, 7) is 4.92. The van der Waals surface area contributed by atoms with E-state index in [4.69, 9.17) is 9.47 Å². The fourth-order valence-electron chi connectivity index (χ4n) is 1.59. The molecule has 1 N–H and O–H groups in total. The monoisotopic (exact) mass is 223 g/mol. The first-order valence-corrected chi connectivity index (χ1v) is 5.53. The largest absolute Gasteiger partial charge is 0.355 e. The van der Waals surface area contributed by atoms with Gasteiger partial charge in [0.25, 0.3) is 0 Å². The maximum Gasteiger partial charge on any atom is 0.169 e. The van der Waals surface area contributed by atoms with Gasteiger partial charge in [-0.25, -0.2) is 0 Å². The maximum atomic E-state index is 5.12. The van der Waals surface area contributed by atoms with Gasteiger partial charge < -0.3 is 14.8 Å². The summed E-state index contributed by atoms with van der Waals surface area (Å²) >= 11 is 0. The summed E-state index contributed by atoms with van der Waals surface area (Å²) in [5, 5.41) is 3.38. The molecule has 0 aliphatic heterocycles. The Labute approximate surface area is 97.8 Å². The van der Waals surface area contributed by atoms with Crippen molar-refractivity contribution in [2.45, 2.75) is 26.2 Å². The van der Waals surface area contributed by atoms with Crippen LogP contribution in [0.1, 0.15) is 24.1 Å². The number of hydrogen-bond donors (Lipinski definition) is 1. The van der Waals surface area contributed by atoms with Gasteiger partial charge in [0, 0.05) is 26.8 Å². The number of methoxy groups -OCH3 is 2. The van der Waals surface area contributed by atoms with Crippen molar-refractivity contribution >= 4 is 0 Å². The molecule has 0 amide bonds. The van der Waals surface area contributed by atoms with Gasteiger partial charge in [0.05, 0.1) is 0 Å². The van der Waals surface area contributed by atoms with Crippen LogP contribution in [0.5, 0.6) is 0 Å². The summed E-state index contributed by atoms with van der Waals surface area (Å²) in [4.78, 5) is 0. The second kappa shape index (κ2) is 6.63. The van der Waals surface area contributed by atoms with Gasteiger partial charge in [-0.2, -0.15) is 0 Å². The fourth-order valence-corrected chi connectivity index (χ4v) is 1.59. The summed E-state index contributed by atoms with van der Waals surface area (Å²) in [7, 11) is 3.29. The van der Waals surface area contributed by atoms with Crippen LogP contribution in [0.3, 0.4) is 0 Å².